The summed E-state index contributed by atoms with van der Waals surface area (Å²) in [4.78, 5) is 0. The van der Waals surface area contributed by atoms with Crippen molar-refractivity contribution < 1.29 is 9.47 Å². The second-order valence-electron chi connectivity index (χ2n) is 5.03. The summed E-state index contributed by atoms with van der Waals surface area (Å²) in [5.74, 6) is 1.58. The molecule has 0 radical (unpaired) electrons. The van der Waals surface area contributed by atoms with E-state index in [0.717, 1.165) is 36.1 Å². The Bertz CT molecular complexity index is 438. The molecule has 0 saturated heterocycles. The predicted molar refractivity (Wildman–Crippen MR) is 77.8 cm³/mol. The SMILES string of the molecule is C=C(CC)COc1ccc(CNC2CC2)cc1OC. The van der Waals surface area contributed by atoms with Gasteiger partial charge in [-0.3, -0.25) is 0 Å². The molecule has 0 unspecified atom stereocenters. The van der Waals surface area contributed by atoms with Crippen molar-refractivity contribution in [1.29, 1.82) is 0 Å². The highest BCUT2D eigenvalue weighted by molar-refractivity contribution is 5.43. The lowest BCUT2D eigenvalue weighted by atomic mass is 10.2. The molecule has 104 valence electrons. The third-order valence-electron chi connectivity index (χ3n) is 3.33. The van der Waals surface area contributed by atoms with Gasteiger partial charge in [-0.1, -0.05) is 19.6 Å². The van der Waals surface area contributed by atoms with Crippen LogP contribution in [0.2, 0.25) is 0 Å². The van der Waals surface area contributed by atoms with Gasteiger partial charge in [0.25, 0.3) is 0 Å². The van der Waals surface area contributed by atoms with E-state index in [1.54, 1.807) is 7.11 Å². The molecule has 1 aliphatic carbocycles. The molecule has 1 aromatic rings. The van der Waals surface area contributed by atoms with E-state index in [0.29, 0.717) is 6.61 Å². The first-order valence-electron chi connectivity index (χ1n) is 6.92. The normalized spacial score (nSPS) is 14.2. The van der Waals surface area contributed by atoms with E-state index in [1.165, 1.54) is 18.4 Å². The van der Waals surface area contributed by atoms with Crippen LogP contribution in [0.3, 0.4) is 0 Å². The van der Waals surface area contributed by atoms with Gasteiger partial charge in [-0.25, -0.2) is 0 Å². The average Bonchev–Trinajstić information content (AvgIpc) is 3.26. The summed E-state index contributed by atoms with van der Waals surface area (Å²) in [5, 5.41) is 3.49. The largest absolute Gasteiger partial charge is 0.493 e. The second-order valence-corrected chi connectivity index (χ2v) is 5.03. The summed E-state index contributed by atoms with van der Waals surface area (Å²) in [7, 11) is 1.68. The molecule has 3 nitrogen and oxygen atoms in total. The molecular formula is C16H23NO2. The Morgan fingerprint density at radius 2 is 2.16 bits per heavy atom. The van der Waals surface area contributed by atoms with Crippen LogP contribution >= 0.6 is 0 Å². The van der Waals surface area contributed by atoms with Crippen molar-refractivity contribution in [3.8, 4) is 11.5 Å². The van der Waals surface area contributed by atoms with Gasteiger partial charge in [-0.05, 0) is 42.5 Å². The molecule has 0 atom stereocenters. The molecule has 0 heterocycles. The summed E-state index contributed by atoms with van der Waals surface area (Å²) >= 11 is 0. The van der Waals surface area contributed by atoms with Crippen LogP contribution in [0.4, 0.5) is 0 Å². The zero-order valence-electron chi connectivity index (χ0n) is 11.9. The lowest BCUT2D eigenvalue weighted by Gasteiger charge is -2.13. The second kappa shape index (κ2) is 6.62. The van der Waals surface area contributed by atoms with Gasteiger partial charge in [0, 0.05) is 12.6 Å². The number of benzene rings is 1. The van der Waals surface area contributed by atoms with Gasteiger partial charge >= 0.3 is 0 Å². The van der Waals surface area contributed by atoms with Crippen molar-refractivity contribution in [2.75, 3.05) is 13.7 Å². The van der Waals surface area contributed by atoms with Crippen molar-refractivity contribution in [3.63, 3.8) is 0 Å². The number of nitrogens with one attached hydrogen (secondary N) is 1. The molecule has 0 aliphatic heterocycles. The van der Waals surface area contributed by atoms with Crippen molar-refractivity contribution in [2.45, 2.75) is 38.8 Å². The van der Waals surface area contributed by atoms with Crippen LogP contribution in [0.15, 0.2) is 30.4 Å². The van der Waals surface area contributed by atoms with E-state index in [2.05, 4.69) is 24.9 Å². The molecule has 1 aliphatic rings. The summed E-state index contributed by atoms with van der Waals surface area (Å²) in [5.41, 5.74) is 2.31. The molecule has 1 aromatic carbocycles. The monoisotopic (exact) mass is 261 g/mol. The van der Waals surface area contributed by atoms with Crippen LogP contribution in [0.1, 0.15) is 31.7 Å². The lowest BCUT2D eigenvalue weighted by molar-refractivity contribution is 0.317. The maximum atomic E-state index is 5.73. The van der Waals surface area contributed by atoms with Gasteiger partial charge in [0.15, 0.2) is 11.5 Å². The highest BCUT2D eigenvalue weighted by Gasteiger charge is 2.20. The number of hydrogen-bond acceptors (Lipinski definition) is 3. The molecule has 19 heavy (non-hydrogen) atoms. The molecule has 0 bridgehead atoms. The molecule has 0 amide bonds. The Labute approximate surface area is 115 Å². The van der Waals surface area contributed by atoms with Crippen LogP contribution in [0.25, 0.3) is 0 Å². The minimum Gasteiger partial charge on any atom is -0.493 e. The van der Waals surface area contributed by atoms with E-state index < -0.39 is 0 Å². The first-order valence-corrected chi connectivity index (χ1v) is 6.92. The number of hydrogen-bond donors (Lipinski definition) is 1. The minimum absolute atomic E-state index is 0.548. The Kier molecular flexibility index (Phi) is 4.86. The fourth-order valence-electron chi connectivity index (χ4n) is 1.77. The lowest BCUT2D eigenvalue weighted by Crippen LogP contribution is -2.15. The zero-order valence-corrected chi connectivity index (χ0v) is 11.9. The van der Waals surface area contributed by atoms with E-state index in [-0.39, 0.29) is 0 Å². The molecule has 1 saturated carbocycles. The fourth-order valence-corrected chi connectivity index (χ4v) is 1.77. The Hall–Kier alpha value is -1.48. The van der Waals surface area contributed by atoms with E-state index in [9.17, 15) is 0 Å². The van der Waals surface area contributed by atoms with Crippen molar-refractivity contribution in [3.05, 3.63) is 35.9 Å². The molecule has 0 aromatic heterocycles. The molecule has 0 spiro atoms. The zero-order chi connectivity index (χ0) is 13.7. The topological polar surface area (TPSA) is 30.5 Å². The molecule has 3 heteroatoms. The highest BCUT2D eigenvalue weighted by Crippen LogP contribution is 2.29. The predicted octanol–water partition coefficient (Wildman–Crippen LogP) is 3.29. The molecule has 1 N–H and O–H groups in total. The molecule has 1 fully saturated rings. The average molecular weight is 261 g/mol. The van der Waals surface area contributed by atoms with Gasteiger partial charge in [0.1, 0.15) is 6.61 Å². The van der Waals surface area contributed by atoms with Gasteiger partial charge in [0.05, 0.1) is 7.11 Å². The Balaban J connectivity index is 1.96. The summed E-state index contributed by atoms with van der Waals surface area (Å²) in [6.07, 6.45) is 3.54. The van der Waals surface area contributed by atoms with Gasteiger partial charge in [-0.2, -0.15) is 0 Å². The first kappa shape index (κ1) is 13.9. The van der Waals surface area contributed by atoms with Crippen LogP contribution < -0.4 is 14.8 Å². The summed E-state index contributed by atoms with van der Waals surface area (Å²) < 4.78 is 11.1. The maximum Gasteiger partial charge on any atom is 0.161 e. The van der Waals surface area contributed by atoms with E-state index in [1.807, 2.05) is 12.1 Å². The van der Waals surface area contributed by atoms with Crippen LogP contribution in [0, 0.1) is 0 Å². The third kappa shape index (κ3) is 4.28. The Morgan fingerprint density at radius 3 is 2.79 bits per heavy atom. The van der Waals surface area contributed by atoms with Crippen LogP contribution in [-0.2, 0) is 6.54 Å². The van der Waals surface area contributed by atoms with Gasteiger partial charge in [-0.15, -0.1) is 0 Å². The summed E-state index contributed by atoms with van der Waals surface area (Å²) in [6.45, 7) is 7.46. The standard InChI is InChI=1S/C16H23NO2/c1-4-12(2)11-19-15-8-5-13(9-16(15)18-3)10-17-14-6-7-14/h5,8-9,14,17H,2,4,6-7,10-11H2,1,3H3. The maximum absolute atomic E-state index is 5.73. The number of ether oxygens (including phenoxy) is 2. The van der Waals surface area contributed by atoms with Crippen LogP contribution in [0.5, 0.6) is 11.5 Å². The van der Waals surface area contributed by atoms with Crippen molar-refractivity contribution in [1.82, 2.24) is 5.32 Å². The highest BCUT2D eigenvalue weighted by atomic mass is 16.5. The molecule has 2 rings (SSSR count). The summed E-state index contributed by atoms with van der Waals surface area (Å²) in [6, 6.07) is 6.82. The van der Waals surface area contributed by atoms with E-state index in [4.69, 9.17) is 9.47 Å². The van der Waals surface area contributed by atoms with Crippen molar-refractivity contribution >= 4 is 0 Å². The smallest absolute Gasteiger partial charge is 0.161 e. The number of rotatable bonds is 8. The van der Waals surface area contributed by atoms with Crippen LogP contribution in [-0.4, -0.2) is 19.8 Å². The first-order chi connectivity index (χ1) is 9.22. The molecular weight excluding hydrogens is 238 g/mol. The fraction of sp³-hybridized carbons (Fsp3) is 0.500. The van der Waals surface area contributed by atoms with Gasteiger partial charge < -0.3 is 14.8 Å². The number of methoxy groups -OCH3 is 1. The third-order valence-corrected chi connectivity index (χ3v) is 3.33. The van der Waals surface area contributed by atoms with E-state index >= 15 is 0 Å². The Morgan fingerprint density at radius 1 is 1.37 bits per heavy atom. The minimum atomic E-state index is 0.548. The quantitative estimate of drug-likeness (QED) is 0.728. The van der Waals surface area contributed by atoms with Gasteiger partial charge in [0.2, 0.25) is 0 Å². The van der Waals surface area contributed by atoms with Crippen molar-refractivity contribution in [2.24, 2.45) is 0 Å².